The van der Waals surface area contributed by atoms with Gasteiger partial charge in [0, 0.05) is 37.0 Å². The molecule has 1 unspecified atom stereocenters. The first-order valence-electron chi connectivity index (χ1n) is 10.6. The van der Waals surface area contributed by atoms with Gasteiger partial charge in [0.1, 0.15) is 5.82 Å². The predicted molar refractivity (Wildman–Crippen MR) is 120 cm³/mol. The van der Waals surface area contributed by atoms with Gasteiger partial charge in [-0.05, 0) is 53.4 Å². The first kappa shape index (κ1) is 19.9. The van der Waals surface area contributed by atoms with Crippen LogP contribution in [0, 0.1) is 5.92 Å². The van der Waals surface area contributed by atoms with Crippen molar-refractivity contribution < 1.29 is 14.4 Å². The summed E-state index contributed by atoms with van der Waals surface area (Å²) < 4.78 is 0. The summed E-state index contributed by atoms with van der Waals surface area (Å²) in [6.07, 6.45) is 2.48. The van der Waals surface area contributed by atoms with Crippen LogP contribution in [0.15, 0.2) is 66.9 Å². The molecule has 1 atom stereocenters. The number of rotatable bonds is 5. The molecule has 7 nitrogen and oxygen atoms in total. The number of pyridine rings is 1. The Labute approximate surface area is 185 Å². The van der Waals surface area contributed by atoms with Crippen LogP contribution in [0.2, 0.25) is 0 Å². The summed E-state index contributed by atoms with van der Waals surface area (Å²) in [7, 11) is 0. The number of hydrogen-bond acceptors (Lipinski definition) is 5. The summed E-state index contributed by atoms with van der Waals surface area (Å²) in [6, 6.07) is 19.0. The molecule has 1 aromatic heterocycles. The van der Waals surface area contributed by atoms with E-state index in [1.165, 1.54) is 5.56 Å². The molecule has 2 aliphatic heterocycles. The van der Waals surface area contributed by atoms with Crippen LogP contribution in [0.3, 0.4) is 0 Å². The van der Waals surface area contributed by atoms with Crippen LogP contribution in [0.5, 0.6) is 0 Å². The fraction of sp³-hybridized carbons (Fsp3) is 0.200. The van der Waals surface area contributed by atoms with E-state index in [1.807, 2.05) is 42.5 Å². The number of anilines is 2. The molecule has 3 heterocycles. The lowest BCUT2D eigenvalue weighted by Crippen LogP contribution is -2.22. The Kier molecular flexibility index (Phi) is 5.15. The molecule has 3 amide bonds. The van der Waals surface area contributed by atoms with Gasteiger partial charge in [-0.15, -0.1) is 0 Å². The van der Waals surface area contributed by atoms with Crippen molar-refractivity contribution in [3.63, 3.8) is 0 Å². The topological polar surface area (TPSA) is 91.4 Å². The molecule has 32 heavy (non-hydrogen) atoms. The Bertz CT molecular complexity index is 1190. The quantitative estimate of drug-likeness (QED) is 0.612. The van der Waals surface area contributed by atoms with Crippen LogP contribution in [0.25, 0.3) is 0 Å². The molecule has 5 rings (SSSR count). The fourth-order valence-corrected chi connectivity index (χ4v) is 4.28. The lowest BCUT2D eigenvalue weighted by atomic mass is 9.97. The summed E-state index contributed by atoms with van der Waals surface area (Å²) in [5.41, 5.74) is 4.53. The van der Waals surface area contributed by atoms with Gasteiger partial charge in [-0.25, -0.2) is 4.98 Å². The van der Waals surface area contributed by atoms with Crippen LogP contribution in [-0.2, 0) is 29.1 Å². The van der Waals surface area contributed by atoms with Gasteiger partial charge in [0.05, 0.1) is 5.92 Å². The van der Waals surface area contributed by atoms with E-state index in [0.717, 1.165) is 29.2 Å². The third kappa shape index (κ3) is 3.97. The molecule has 2 N–H and O–H groups in total. The predicted octanol–water partition coefficient (Wildman–Crippen LogP) is 3.06. The molecule has 160 valence electrons. The van der Waals surface area contributed by atoms with Crippen LogP contribution < -0.4 is 15.5 Å². The largest absolute Gasteiger partial charge is 0.348 e. The minimum absolute atomic E-state index is 0.185. The highest BCUT2D eigenvalue weighted by Gasteiger charge is 2.30. The molecule has 0 bridgehead atoms. The number of aromatic nitrogens is 1. The van der Waals surface area contributed by atoms with E-state index >= 15 is 0 Å². The number of carbonyl (C=O) groups is 3. The normalized spacial score (nSPS) is 17.2. The van der Waals surface area contributed by atoms with Gasteiger partial charge in [-0.1, -0.05) is 30.3 Å². The maximum absolute atomic E-state index is 12.9. The van der Waals surface area contributed by atoms with E-state index in [0.29, 0.717) is 18.5 Å². The van der Waals surface area contributed by atoms with Crippen molar-refractivity contribution in [2.45, 2.75) is 25.9 Å². The highest BCUT2D eigenvalue weighted by atomic mass is 16.2. The maximum Gasteiger partial charge on any atom is 0.255 e. The van der Waals surface area contributed by atoms with Gasteiger partial charge >= 0.3 is 0 Å². The van der Waals surface area contributed by atoms with Crippen molar-refractivity contribution in [3.8, 4) is 0 Å². The van der Waals surface area contributed by atoms with Crippen LogP contribution in [0.4, 0.5) is 11.5 Å². The second-order valence-electron chi connectivity index (χ2n) is 8.16. The number of carbonyl (C=O) groups excluding carboxylic acids is 3. The third-order valence-corrected chi connectivity index (χ3v) is 5.97. The van der Waals surface area contributed by atoms with Gasteiger partial charge in [0.15, 0.2) is 0 Å². The molecule has 2 aromatic carbocycles. The molecule has 2 aliphatic rings. The lowest BCUT2D eigenvalue weighted by molar-refractivity contribution is -0.125. The summed E-state index contributed by atoms with van der Waals surface area (Å²) in [5.74, 6) is -0.0668. The van der Waals surface area contributed by atoms with Crippen LogP contribution in [-0.4, -0.2) is 22.7 Å². The number of nitrogens with zero attached hydrogens (tertiary/aromatic N) is 2. The van der Waals surface area contributed by atoms with Crippen molar-refractivity contribution in [2.24, 2.45) is 5.92 Å². The first-order valence-corrected chi connectivity index (χ1v) is 10.6. The van der Waals surface area contributed by atoms with E-state index in [4.69, 9.17) is 0 Å². The number of amides is 3. The highest BCUT2D eigenvalue weighted by molar-refractivity contribution is 6.05. The molecular formula is C25H22N4O3. The molecular weight excluding hydrogens is 404 g/mol. The number of fused-ring (bicyclic) bond motifs is 1. The summed E-state index contributed by atoms with van der Waals surface area (Å²) in [4.78, 5) is 42.6. The Hall–Kier alpha value is -4.00. The summed E-state index contributed by atoms with van der Waals surface area (Å²) in [6.45, 7) is 1.44. The van der Waals surface area contributed by atoms with E-state index < -0.39 is 0 Å². The molecule has 1 fully saturated rings. The minimum Gasteiger partial charge on any atom is -0.348 e. The Balaban J connectivity index is 1.27. The number of benzene rings is 2. The fourth-order valence-electron chi connectivity index (χ4n) is 4.28. The second-order valence-corrected chi connectivity index (χ2v) is 8.16. The monoisotopic (exact) mass is 426 g/mol. The zero-order valence-electron chi connectivity index (χ0n) is 17.4. The average Bonchev–Trinajstić information content (AvgIpc) is 3.38. The van der Waals surface area contributed by atoms with Gasteiger partial charge < -0.3 is 10.2 Å². The van der Waals surface area contributed by atoms with Crippen LogP contribution >= 0.6 is 0 Å². The SMILES string of the molecule is O=C1CC(Cc2ccc(C(=O)Nc3cccc4c3CN(c3ccccn3)C4)cc2)C(=O)N1. The highest BCUT2D eigenvalue weighted by Crippen LogP contribution is 2.32. The zero-order valence-corrected chi connectivity index (χ0v) is 17.4. The molecule has 0 radical (unpaired) electrons. The van der Waals surface area contributed by atoms with E-state index in [1.54, 1.807) is 18.3 Å². The van der Waals surface area contributed by atoms with Crippen molar-refractivity contribution in [3.05, 3.63) is 89.1 Å². The zero-order chi connectivity index (χ0) is 22.1. The van der Waals surface area contributed by atoms with Crippen molar-refractivity contribution >= 4 is 29.2 Å². The number of imide groups is 1. The molecule has 0 aliphatic carbocycles. The molecule has 0 saturated carbocycles. The van der Waals surface area contributed by atoms with Gasteiger partial charge in [-0.2, -0.15) is 0 Å². The Morgan fingerprint density at radius 3 is 2.59 bits per heavy atom. The smallest absolute Gasteiger partial charge is 0.255 e. The maximum atomic E-state index is 12.9. The standard InChI is InChI=1S/C25H22N4O3/c30-23-13-19(25(32)28-23)12-16-7-9-17(10-8-16)24(31)27-21-5-3-4-18-14-29(15-20(18)21)22-6-1-2-11-26-22/h1-11,19H,12-15H2,(H,27,31)(H,28,30,32). The summed E-state index contributed by atoms with van der Waals surface area (Å²) in [5, 5.41) is 5.37. The Morgan fingerprint density at radius 1 is 1.03 bits per heavy atom. The molecule has 3 aromatic rings. The Morgan fingerprint density at radius 2 is 1.88 bits per heavy atom. The molecule has 0 spiro atoms. The van der Waals surface area contributed by atoms with Gasteiger partial charge in [0.25, 0.3) is 5.91 Å². The average molecular weight is 426 g/mol. The first-order chi connectivity index (χ1) is 15.6. The molecule has 7 heteroatoms. The van der Waals surface area contributed by atoms with E-state index in [-0.39, 0.29) is 30.1 Å². The van der Waals surface area contributed by atoms with E-state index in [9.17, 15) is 14.4 Å². The molecule has 1 saturated heterocycles. The number of hydrogen-bond donors (Lipinski definition) is 2. The van der Waals surface area contributed by atoms with E-state index in [2.05, 4.69) is 26.6 Å². The van der Waals surface area contributed by atoms with Crippen LogP contribution in [0.1, 0.15) is 33.5 Å². The number of nitrogens with one attached hydrogen (secondary N) is 2. The van der Waals surface area contributed by atoms with Crippen molar-refractivity contribution in [1.82, 2.24) is 10.3 Å². The summed E-state index contributed by atoms with van der Waals surface area (Å²) >= 11 is 0. The van der Waals surface area contributed by atoms with Gasteiger partial charge in [-0.3, -0.25) is 19.7 Å². The van der Waals surface area contributed by atoms with Crippen molar-refractivity contribution in [1.29, 1.82) is 0 Å². The second kappa shape index (κ2) is 8.26. The lowest BCUT2D eigenvalue weighted by Gasteiger charge is -2.16. The third-order valence-electron chi connectivity index (χ3n) is 5.97. The van der Waals surface area contributed by atoms with Crippen molar-refractivity contribution in [2.75, 3.05) is 10.2 Å². The van der Waals surface area contributed by atoms with Gasteiger partial charge in [0.2, 0.25) is 11.8 Å². The minimum atomic E-state index is -0.337.